The van der Waals surface area contributed by atoms with E-state index in [4.69, 9.17) is 5.73 Å². The average molecular weight is 244 g/mol. The number of hydrogen-bond donors (Lipinski definition) is 2. The van der Waals surface area contributed by atoms with Crippen LogP contribution in [0, 0.1) is 11.8 Å². The van der Waals surface area contributed by atoms with Crippen LogP contribution in [0.4, 0.5) is 0 Å². The Morgan fingerprint density at radius 1 is 1.28 bits per heavy atom. The fourth-order valence-electron chi connectivity index (χ4n) is 2.28. The largest absolute Gasteiger partial charge is 0.388 e. The molecular weight excluding hydrogens is 224 g/mol. The number of rotatable bonds is 4. The lowest BCUT2D eigenvalue weighted by Gasteiger charge is -2.25. The Labute approximate surface area is 108 Å². The lowest BCUT2D eigenvalue weighted by Crippen LogP contribution is -2.26. The third-order valence-corrected chi connectivity index (χ3v) is 3.51. The zero-order chi connectivity index (χ0) is 13.1. The van der Waals surface area contributed by atoms with Gasteiger partial charge in [0, 0.05) is 17.5 Å². The molecule has 0 fully saturated rings. The van der Waals surface area contributed by atoms with Gasteiger partial charge < -0.3 is 10.8 Å². The van der Waals surface area contributed by atoms with Crippen LogP contribution < -0.4 is 5.73 Å². The summed E-state index contributed by atoms with van der Waals surface area (Å²) >= 11 is 0. The van der Waals surface area contributed by atoms with E-state index in [2.05, 4.69) is 18.8 Å². The van der Waals surface area contributed by atoms with Crippen molar-refractivity contribution in [3.05, 3.63) is 42.1 Å². The van der Waals surface area contributed by atoms with Gasteiger partial charge in [-0.15, -0.1) is 0 Å². The Morgan fingerprint density at radius 2 is 2.06 bits per heavy atom. The topological polar surface area (TPSA) is 59.1 Å². The van der Waals surface area contributed by atoms with Crippen molar-refractivity contribution < 1.29 is 5.11 Å². The highest BCUT2D eigenvalue weighted by atomic mass is 16.3. The molecule has 0 spiro atoms. The van der Waals surface area contributed by atoms with Crippen molar-refractivity contribution in [3.63, 3.8) is 0 Å². The molecule has 1 aromatic carbocycles. The van der Waals surface area contributed by atoms with Crippen LogP contribution >= 0.6 is 0 Å². The van der Waals surface area contributed by atoms with E-state index in [1.54, 1.807) is 6.20 Å². The van der Waals surface area contributed by atoms with E-state index in [0.717, 1.165) is 16.5 Å². The monoisotopic (exact) mass is 244 g/mol. The second kappa shape index (κ2) is 5.46. The van der Waals surface area contributed by atoms with Crippen molar-refractivity contribution in [1.82, 2.24) is 4.98 Å². The third-order valence-electron chi connectivity index (χ3n) is 3.51. The standard InChI is InChI=1S/C15H20N2O/c1-10(2)13(9-16)15(18)12-6-5-11-4-3-7-17-14(11)8-12/h3-8,10,13,15,18H,9,16H2,1-2H3. The molecule has 2 atom stereocenters. The molecule has 3 heteroatoms. The Hall–Kier alpha value is -1.45. The predicted octanol–water partition coefficient (Wildman–Crippen LogP) is 2.50. The number of benzene rings is 1. The molecule has 0 aliphatic carbocycles. The number of nitrogens with zero attached hydrogens (tertiary/aromatic N) is 1. The summed E-state index contributed by atoms with van der Waals surface area (Å²) in [7, 11) is 0. The zero-order valence-electron chi connectivity index (χ0n) is 10.9. The first-order valence-corrected chi connectivity index (χ1v) is 6.36. The summed E-state index contributed by atoms with van der Waals surface area (Å²) in [4.78, 5) is 4.31. The molecular formula is C15H20N2O. The zero-order valence-corrected chi connectivity index (χ0v) is 10.9. The maximum atomic E-state index is 10.4. The quantitative estimate of drug-likeness (QED) is 0.868. The van der Waals surface area contributed by atoms with E-state index in [1.165, 1.54) is 0 Å². The summed E-state index contributed by atoms with van der Waals surface area (Å²) in [5, 5.41) is 11.5. The molecule has 0 aliphatic heterocycles. The van der Waals surface area contributed by atoms with Gasteiger partial charge in [0.2, 0.25) is 0 Å². The molecule has 2 unspecified atom stereocenters. The van der Waals surface area contributed by atoms with Gasteiger partial charge in [0.05, 0.1) is 11.6 Å². The van der Waals surface area contributed by atoms with Crippen LogP contribution in [0.5, 0.6) is 0 Å². The average Bonchev–Trinajstić information content (AvgIpc) is 2.38. The van der Waals surface area contributed by atoms with Crippen molar-refractivity contribution >= 4 is 10.9 Å². The van der Waals surface area contributed by atoms with E-state index in [1.807, 2.05) is 30.3 Å². The van der Waals surface area contributed by atoms with E-state index in [9.17, 15) is 5.11 Å². The van der Waals surface area contributed by atoms with Gasteiger partial charge in [-0.1, -0.05) is 32.0 Å². The Balaban J connectivity index is 2.35. The van der Waals surface area contributed by atoms with Gasteiger partial charge >= 0.3 is 0 Å². The second-order valence-corrected chi connectivity index (χ2v) is 5.04. The summed E-state index contributed by atoms with van der Waals surface area (Å²) < 4.78 is 0. The van der Waals surface area contributed by atoms with Crippen molar-refractivity contribution in [2.24, 2.45) is 17.6 Å². The first-order chi connectivity index (χ1) is 8.63. The first kappa shape index (κ1) is 13.0. The number of nitrogens with two attached hydrogens (primary N) is 1. The molecule has 0 amide bonds. The van der Waals surface area contributed by atoms with Gasteiger partial charge in [0.15, 0.2) is 0 Å². The van der Waals surface area contributed by atoms with Crippen molar-refractivity contribution in [3.8, 4) is 0 Å². The van der Waals surface area contributed by atoms with Crippen molar-refractivity contribution in [2.75, 3.05) is 6.54 Å². The SMILES string of the molecule is CC(C)C(CN)C(O)c1ccc2cccnc2c1. The molecule has 0 saturated carbocycles. The van der Waals surface area contributed by atoms with Crippen molar-refractivity contribution in [2.45, 2.75) is 20.0 Å². The Kier molecular flexibility index (Phi) is 3.94. The molecule has 1 heterocycles. The number of fused-ring (bicyclic) bond motifs is 1. The number of aliphatic hydroxyl groups excluding tert-OH is 1. The maximum absolute atomic E-state index is 10.4. The summed E-state index contributed by atoms with van der Waals surface area (Å²) in [6.07, 6.45) is 1.24. The normalized spacial score (nSPS) is 14.9. The minimum absolute atomic E-state index is 0.0752. The third kappa shape index (κ3) is 2.52. The maximum Gasteiger partial charge on any atom is 0.0833 e. The fraction of sp³-hybridized carbons (Fsp3) is 0.400. The van der Waals surface area contributed by atoms with Gasteiger partial charge in [0.25, 0.3) is 0 Å². The predicted molar refractivity (Wildman–Crippen MR) is 74.1 cm³/mol. The van der Waals surface area contributed by atoms with Gasteiger partial charge in [0.1, 0.15) is 0 Å². The summed E-state index contributed by atoms with van der Waals surface area (Å²) in [6.45, 7) is 4.65. The van der Waals surface area contributed by atoms with E-state index < -0.39 is 6.10 Å². The molecule has 0 aliphatic rings. The number of aromatic nitrogens is 1. The number of hydrogen-bond acceptors (Lipinski definition) is 3. The molecule has 3 N–H and O–H groups in total. The molecule has 2 rings (SSSR count). The van der Waals surface area contributed by atoms with Crippen LogP contribution in [0.15, 0.2) is 36.5 Å². The highest BCUT2D eigenvalue weighted by molar-refractivity contribution is 5.78. The van der Waals surface area contributed by atoms with Gasteiger partial charge in [-0.25, -0.2) is 0 Å². The van der Waals surface area contributed by atoms with Crippen LogP contribution in [0.1, 0.15) is 25.5 Å². The smallest absolute Gasteiger partial charge is 0.0833 e. The molecule has 2 aromatic rings. The molecule has 0 bridgehead atoms. The van der Waals surface area contributed by atoms with Crippen LogP contribution in [0.2, 0.25) is 0 Å². The van der Waals surface area contributed by atoms with Crippen LogP contribution in [-0.4, -0.2) is 16.6 Å². The van der Waals surface area contributed by atoms with Crippen molar-refractivity contribution in [1.29, 1.82) is 0 Å². The lowest BCUT2D eigenvalue weighted by atomic mass is 9.86. The Morgan fingerprint density at radius 3 is 2.72 bits per heavy atom. The summed E-state index contributed by atoms with van der Waals surface area (Å²) in [6, 6.07) is 9.83. The lowest BCUT2D eigenvalue weighted by molar-refractivity contribution is 0.0862. The Bertz CT molecular complexity index is 525. The molecule has 0 radical (unpaired) electrons. The molecule has 3 nitrogen and oxygen atoms in total. The first-order valence-electron chi connectivity index (χ1n) is 6.36. The fourth-order valence-corrected chi connectivity index (χ4v) is 2.28. The van der Waals surface area contributed by atoms with E-state index >= 15 is 0 Å². The van der Waals surface area contributed by atoms with Gasteiger partial charge in [-0.05, 0) is 30.2 Å². The summed E-state index contributed by atoms with van der Waals surface area (Å²) in [5.41, 5.74) is 7.55. The highest BCUT2D eigenvalue weighted by Crippen LogP contribution is 2.28. The number of pyridine rings is 1. The second-order valence-electron chi connectivity index (χ2n) is 5.04. The van der Waals surface area contributed by atoms with Crippen LogP contribution in [0.3, 0.4) is 0 Å². The van der Waals surface area contributed by atoms with Crippen LogP contribution in [-0.2, 0) is 0 Å². The van der Waals surface area contributed by atoms with E-state index in [-0.39, 0.29) is 5.92 Å². The molecule has 1 aromatic heterocycles. The molecule has 18 heavy (non-hydrogen) atoms. The van der Waals surface area contributed by atoms with Gasteiger partial charge in [-0.3, -0.25) is 4.98 Å². The number of aliphatic hydroxyl groups is 1. The highest BCUT2D eigenvalue weighted by Gasteiger charge is 2.22. The molecule has 96 valence electrons. The van der Waals surface area contributed by atoms with E-state index in [0.29, 0.717) is 12.5 Å². The van der Waals surface area contributed by atoms with Crippen LogP contribution in [0.25, 0.3) is 10.9 Å². The molecule has 0 saturated heterocycles. The minimum atomic E-state index is -0.526. The van der Waals surface area contributed by atoms with Gasteiger partial charge in [-0.2, -0.15) is 0 Å². The minimum Gasteiger partial charge on any atom is -0.388 e. The summed E-state index contributed by atoms with van der Waals surface area (Å²) in [5.74, 6) is 0.426.